The molecule has 2 aromatic rings. The Labute approximate surface area is 179 Å². The van der Waals surface area contributed by atoms with Gasteiger partial charge < -0.3 is 10.0 Å². The van der Waals surface area contributed by atoms with Crippen LogP contribution in [0, 0.1) is 0 Å². The second-order valence-corrected chi connectivity index (χ2v) is 8.42. The summed E-state index contributed by atoms with van der Waals surface area (Å²) in [6.45, 7) is 11.6. The minimum atomic E-state index is -0.484. The molecule has 3 nitrogen and oxygen atoms in total. The zero-order valence-corrected chi connectivity index (χ0v) is 19.1. The molecule has 2 aromatic carbocycles. The number of aliphatic hydroxyl groups excluding tert-OH is 1. The minimum absolute atomic E-state index is 0.417. The molecule has 0 bridgehead atoms. The van der Waals surface area contributed by atoms with Crippen molar-refractivity contribution in [2.75, 3.05) is 26.2 Å². The van der Waals surface area contributed by atoms with Crippen molar-refractivity contribution in [1.82, 2.24) is 9.80 Å². The molecule has 0 fully saturated rings. The molecule has 0 amide bonds. The summed E-state index contributed by atoms with van der Waals surface area (Å²) < 4.78 is 1.04. The van der Waals surface area contributed by atoms with E-state index in [1.165, 1.54) is 12.0 Å². The highest BCUT2D eigenvalue weighted by Gasteiger charge is 2.19. The van der Waals surface area contributed by atoms with Crippen molar-refractivity contribution in [3.63, 3.8) is 0 Å². The maximum atomic E-state index is 10.8. The van der Waals surface area contributed by atoms with Gasteiger partial charge in [-0.25, -0.2) is 0 Å². The van der Waals surface area contributed by atoms with Crippen LogP contribution in [0.25, 0.3) is 0 Å². The van der Waals surface area contributed by atoms with Gasteiger partial charge in [0.15, 0.2) is 0 Å². The Morgan fingerprint density at radius 1 is 0.964 bits per heavy atom. The van der Waals surface area contributed by atoms with E-state index in [2.05, 4.69) is 76.8 Å². The van der Waals surface area contributed by atoms with E-state index in [0.717, 1.165) is 42.6 Å². The highest BCUT2D eigenvalue weighted by molar-refractivity contribution is 9.10. The van der Waals surface area contributed by atoms with E-state index in [4.69, 9.17) is 0 Å². The van der Waals surface area contributed by atoms with Gasteiger partial charge in [-0.15, -0.1) is 0 Å². The SMILES string of the molecule is CCN(CC)CCC[C@@H](C)N(Cc1ccccc1)C[C@H](O)c1ccc(Br)cc1. The molecule has 154 valence electrons. The van der Waals surface area contributed by atoms with Crippen molar-refractivity contribution in [2.24, 2.45) is 0 Å². The summed E-state index contributed by atoms with van der Waals surface area (Å²) in [4.78, 5) is 4.90. The normalized spacial score (nSPS) is 13.8. The third-order valence-electron chi connectivity index (χ3n) is 5.50. The topological polar surface area (TPSA) is 26.7 Å². The van der Waals surface area contributed by atoms with Crippen LogP contribution < -0.4 is 0 Å². The van der Waals surface area contributed by atoms with E-state index in [1.807, 2.05) is 24.3 Å². The molecule has 0 unspecified atom stereocenters. The molecule has 0 aliphatic carbocycles. The highest BCUT2D eigenvalue weighted by atomic mass is 79.9. The molecule has 2 atom stereocenters. The Bertz CT molecular complexity index is 658. The zero-order chi connectivity index (χ0) is 20.4. The number of halogens is 1. The fourth-order valence-corrected chi connectivity index (χ4v) is 3.83. The third kappa shape index (κ3) is 7.67. The predicted octanol–water partition coefficient (Wildman–Crippen LogP) is 5.50. The van der Waals surface area contributed by atoms with Crippen molar-refractivity contribution in [3.8, 4) is 0 Å². The minimum Gasteiger partial charge on any atom is -0.387 e. The summed E-state index contributed by atoms with van der Waals surface area (Å²) in [6.07, 6.45) is 1.83. The lowest BCUT2D eigenvalue weighted by molar-refractivity contribution is 0.0816. The number of rotatable bonds is 12. The quantitative estimate of drug-likeness (QED) is 0.466. The van der Waals surface area contributed by atoms with E-state index < -0.39 is 6.10 Å². The van der Waals surface area contributed by atoms with E-state index in [9.17, 15) is 5.11 Å². The van der Waals surface area contributed by atoms with E-state index >= 15 is 0 Å². The molecule has 0 aromatic heterocycles. The predicted molar refractivity (Wildman–Crippen MR) is 122 cm³/mol. The van der Waals surface area contributed by atoms with Gasteiger partial charge in [0.2, 0.25) is 0 Å². The van der Waals surface area contributed by atoms with Crippen molar-refractivity contribution in [2.45, 2.75) is 52.3 Å². The van der Waals surface area contributed by atoms with Crippen molar-refractivity contribution in [1.29, 1.82) is 0 Å². The largest absolute Gasteiger partial charge is 0.387 e. The van der Waals surface area contributed by atoms with Gasteiger partial charge in [-0.05, 0) is 62.7 Å². The lowest BCUT2D eigenvalue weighted by Crippen LogP contribution is -2.36. The lowest BCUT2D eigenvalue weighted by Gasteiger charge is -2.32. The van der Waals surface area contributed by atoms with Gasteiger partial charge >= 0.3 is 0 Å². The molecule has 0 aliphatic heterocycles. The van der Waals surface area contributed by atoms with Crippen LogP contribution in [0.1, 0.15) is 50.8 Å². The first-order valence-corrected chi connectivity index (χ1v) is 11.3. The van der Waals surface area contributed by atoms with Crippen LogP contribution in [-0.2, 0) is 6.54 Å². The van der Waals surface area contributed by atoms with E-state index in [0.29, 0.717) is 12.6 Å². The van der Waals surface area contributed by atoms with Crippen LogP contribution in [0.15, 0.2) is 59.1 Å². The molecule has 0 radical (unpaired) electrons. The third-order valence-corrected chi connectivity index (χ3v) is 6.03. The van der Waals surface area contributed by atoms with Crippen LogP contribution in [0.3, 0.4) is 0 Å². The van der Waals surface area contributed by atoms with Crippen molar-refractivity contribution >= 4 is 15.9 Å². The summed E-state index contributed by atoms with van der Waals surface area (Å²) in [5.74, 6) is 0. The molecule has 4 heteroatoms. The van der Waals surface area contributed by atoms with Gasteiger partial charge in [-0.1, -0.05) is 72.2 Å². The summed E-state index contributed by atoms with van der Waals surface area (Å²) in [5.41, 5.74) is 2.26. The summed E-state index contributed by atoms with van der Waals surface area (Å²) in [5, 5.41) is 10.8. The molecule has 1 N–H and O–H groups in total. The smallest absolute Gasteiger partial charge is 0.0917 e. The maximum Gasteiger partial charge on any atom is 0.0917 e. The van der Waals surface area contributed by atoms with Crippen LogP contribution >= 0.6 is 15.9 Å². The number of aliphatic hydroxyl groups is 1. The molecule has 2 rings (SSSR count). The molecular formula is C24H35BrN2O. The Morgan fingerprint density at radius 2 is 1.61 bits per heavy atom. The van der Waals surface area contributed by atoms with Crippen LogP contribution in [0.2, 0.25) is 0 Å². The molecule has 0 saturated carbocycles. The van der Waals surface area contributed by atoms with Crippen LogP contribution in [0.4, 0.5) is 0 Å². The Balaban J connectivity index is 2.02. The molecule has 0 saturated heterocycles. The Morgan fingerprint density at radius 3 is 2.21 bits per heavy atom. The van der Waals surface area contributed by atoms with Gasteiger partial charge in [0.1, 0.15) is 0 Å². The monoisotopic (exact) mass is 446 g/mol. The van der Waals surface area contributed by atoms with Gasteiger partial charge in [0.25, 0.3) is 0 Å². The van der Waals surface area contributed by atoms with Gasteiger partial charge in [-0.2, -0.15) is 0 Å². The van der Waals surface area contributed by atoms with Gasteiger partial charge in [0.05, 0.1) is 6.10 Å². The fourth-order valence-electron chi connectivity index (χ4n) is 3.56. The number of hydrogen-bond donors (Lipinski definition) is 1. The van der Waals surface area contributed by atoms with E-state index in [-0.39, 0.29) is 0 Å². The summed E-state index contributed by atoms with van der Waals surface area (Å²) >= 11 is 3.47. The standard InChI is InChI=1S/C24H35BrN2O/c1-4-26(5-2)17-9-10-20(3)27(18-21-11-7-6-8-12-21)19-24(28)22-13-15-23(25)16-14-22/h6-8,11-16,20,24,28H,4-5,9-10,17-19H2,1-3H3/t20-,24+/m1/s1. The second kappa shape index (κ2) is 12.4. The Hall–Kier alpha value is -1.20. The first kappa shape index (κ1) is 23.1. The average molecular weight is 447 g/mol. The van der Waals surface area contributed by atoms with E-state index in [1.54, 1.807) is 0 Å². The van der Waals surface area contributed by atoms with Crippen LogP contribution in [-0.4, -0.2) is 47.1 Å². The number of benzene rings is 2. The molecular weight excluding hydrogens is 412 g/mol. The summed E-state index contributed by atoms with van der Waals surface area (Å²) in [6, 6.07) is 19.0. The molecule has 0 spiro atoms. The molecule has 0 aliphatic rings. The van der Waals surface area contributed by atoms with Crippen molar-refractivity contribution in [3.05, 3.63) is 70.2 Å². The fraction of sp³-hybridized carbons (Fsp3) is 0.500. The van der Waals surface area contributed by atoms with Crippen molar-refractivity contribution < 1.29 is 5.11 Å². The number of hydrogen-bond acceptors (Lipinski definition) is 3. The first-order chi connectivity index (χ1) is 13.5. The first-order valence-electron chi connectivity index (χ1n) is 10.5. The lowest BCUT2D eigenvalue weighted by atomic mass is 10.1. The Kier molecular flexibility index (Phi) is 10.2. The molecule has 28 heavy (non-hydrogen) atoms. The summed E-state index contributed by atoms with van der Waals surface area (Å²) in [7, 11) is 0. The van der Waals surface area contributed by atoms with Crippen LogP contribution in [0.5, 0.6) is 0 Å². The average Bonchev–Trinajstić information content (AvgIpc) is 2.71. The highest BCUT2D eigenvalue weighted by Crippen LogP contribution is 2.21. The second-order valence-electron chi connectivity index (χ2n) is 7.50. The van der Waals surface area contributed by atoms with Gasteiger partial charge in [0, 0.05) is 23.6 Å². The number of nitrogens with zero attached hydrogens (tertiary/aromatic N) is 2. The zero-order valence-electron chi connectivity index (χ0n) is 17.5. The molecule has 0 heterocycles. The van der Waals surface area contributed by atoms with Gasteiger partial charge in [-0.3, -0.25) is 4.90 Å². The maximum absolute atomic E-state index is 10.8.